The fraction of sp³-hybridized carbons (Fsp3) is 0.300. The Balaban J connectivity index is 1.72. The number of hydrogen-bond donors (Lipinski definition) is 0. The van der Waals surface area contributed by atoms with E-state index in [1.807, 2.05) is 0 Å². The fourth-order valence-corrected chi connectivity index (χ4v) is 3.42. The third-order valence-corrected chi connectivity index (χ3v) is 5.34. The highest BCUT2D eigenvalue weighted by Crippen LogP contribution is 2.32. The Hall–Kier alpha value is -2.67. The normalized spacial score (nSPS) is 11.6. The predicted octanol–water partition coefficient (Wildman–Crippen LogP) is 5.54. The summed E-state index contributed by atoms with van der Waals surface area (Å²) in [6.45, 7) is 8.67. The van der Waals surface area contributed by atoms with E-state index in [1.165, 1.54) is 28.2 Å². The Bertz CT molecular complexity index is 959. The van der Waals surface area contributed by atoms with E-state index in [0.29, 0.717) is 23.1 Å². The molecule has 0 N–H and O–H groups in total. The van der Waals surface area contributed by atoms with Crippen LogP contribution in [0.1, 0.15) is 37.8 Å². The molecular formula is C20H21N3O3S. The van der Waals surface area contributed by atoms with Crippen LogP contribution in [0.5, 0.6) is 0 Å². The Kier molecular flexibility index (Phi) is 5.32. The van der Waals surface area contributed by atoms with E-state index in [-0.39, 0.29) is 11.1 Å². The van der Waals surface area contributed by atoms with Crippen LogP contribution in [0.15, 0.2) is 51.8 Å². The molecule has 6 nitrogen and oxygen atoms in total. The second-order valence-corrected chi connectivity index (χ2v) is 8.34. The molecule has 0 bridgehead atoms. The topological polar surface area (TPSA) is 82.1 Å². The molecule has 3 rings (SSSR count). The lowest BCUT2D eigenvalue weighted by molar-refractivity contribution is -0.384. The predicted molar refractivity (Wildman–Crippen MR) is 106 cm³/mol. The third kappa shape index (κ3) is 4.54. The zero-order chi connectivity index (χ0) is 19.6. The molecule has 0 saturated heterocycles. The highest BCUT2D eigenvalue weighted by Gasteiger charge is 2.16. The lowest BCUT2D eigenvalue weighted by atomic mass is 9.87. The molecule has 0 aliphatic heterocycles. The zero-order valence-electron chi connectivity index (χ0n) is 15.7. The van der Waals surface area contributed by atoms with Crippen LogP contribution >= 0.6 is 11.8 Å². The molecule has 0 spiro atoms. The van der Waals surface area contributed by atoms with Gasteiger partial charge >= 0.3 is 0 Å². The number of nitro groups is 1. The minimum absolute atomic E-state index is 0.0308. The fourth-order valence-electron chi connectivity index (χ4n) is 2.52. The number of rotatable bonds is 5. The van der Waals surface area contributed by atoms with Crippen molar-refractivity contribution in [2.45, 2.75) is 43.8 Å². The summed E-state index contributed by atoms with van der Waals surface area (Å²) >= 11 is 1.66. The molecule has 27 heavy (non-hydrogen) atoms. The molecule has 2 aromatic carbocycles. The van der Waals surface area contributed by atoms with Gasteiger partial charge in [-0.05, 0) is 41.7 Å². The van der Waals surface area contributed by atoms with Gasteiger partial charge in [0.1, 0.15) is 0 Å². The Morgan fingerprint density at radius 1 is 1.11 bits per heavy atom. The molecule has 1 aromatic heterocycles. The quantitative estimate of drug-likeness (QED) is 0.327. The minimum Gasteiger partial charge on any atom is -0.420 e. The van der Waals surface area contributed by atoms with E-state index in [4.69, 9.17) is 4.42 Å². The summed E-state index contributed by atoms with van der Waals surface area (Å²) in [5.74, 6) is 1.45. The highest BCUT2D eigenvalue weighted by atomic mass is 32.2. The Morgan fingerprint density at radius 2 is 1.81 bits per heavy atom. The van der Waals surface area contributed by atoms with Crippen LogP contribution in [0.4, 0.5) is 5.69 Å². The molecule has 7 heteroatoms. The standard InChI is InChI=1S/C20H21N3O3S/c1-13-5-8-15(20(2,3)4)11-17(13)27-12-18-21-22-19(26-18)14-6-9-16(10-7-14)23(24)25/h5-11H,12H2,1-4H3. The first kappa shape index (κ1) is 19.1. The second-order valence-electron chi connectivity index (χ2n) is 7.32. The zero-order valence-corrected chi connectivity index (χ0v) is 16.5. The SMILES string of the molecule is Cc1ccc(C(C)(C)C)cc1SCc1nnc(-c2ccc([N+](=O)[O-])cc2)o1. The molecule has 0 fully saturated rings. The summed E-state index contributed by atoms with van der Waals surface area (Å²) in [5, 5.41) is 18.9. The average Bonchev–Trinajstić information content (AvgIpc) is 3.09. The van der Waals surface area contributed by atoms with Gasteiger partial charge in [-0.3, -0.25) is 10.1 Å². The van der Waals surface area contributed by atoms with Gasteiger partial charge in [0, 0.05) is 22.6 Å². The lowest BCUT2D eigenvalue weighted by Gasteiger charge is -2.20. The highest BCUT2D eigenvalue weighted by molar-refractivity contribution is 7.98. The van der Waals surface area contributed by atoms with Crippen molar-refractivity contribution in [3.8, 4) is 11.5 Å². The molecule has 0 saturated carbocycles. The van der Waals surface area contributed by atoms with Crippen molar-refractivity contribution in [3.63, 3.8) is 0 Å². The third-order valence-electron chi connectivity index (χ3n) is 4.20. The molecule has 0 atom stereocenters. The Labute approximate surface area is 162 Å². The maximum absolute atomic E-state index is 10.7. The van der Waals surface area contributed by atoms with E-state index >= 15 is 0 Å². The number of hydrogen-bond acceptors (Lipinski definition) is 6. The molecule has 1 heterocycles. The first-order valence-corrected chi connectivity index (χ1v) is 9.54. The van der Waals surface area contributed by atoms with Crippen molar-refractivity contribution in [3.05, 3.63) is 69.6 Å². The van der Waals surface area contributed by atoms with Gasteiger partial charge in [0.2, 0.25) is 11.8 Å². The maximum Gasteiger partial charge on any atom is 0.269 e. The maximum atomic E-state index is 10.7. The molecule has 0 aliphatic rings. The van der Waals surface area contributed by atoms with Gasteiger partial charge in [-0.2, -0.15) is 0 Å². The van der Waals surface area contributed by atoms with E-state index in [1.54, 1.807) is 23.9 Å². The summed E-state index contributed by atoms with van der Waals surface area (Å²) in [6.07, 6.45) is 0. The smallest absolute Gasteiger partial charge is 0.269 e. The molecule has 0 unspecified atom stereocenters. The van der Waals surface area contributed by atoms with Gasteiger partial charge in [0.05, 0.1) is 10.7 Å². The minimum atomic E-state index is -0.437. The van der Waals surface area contributed by atoms with Crippen molar-refractivity contribution in [1.82, 2.24) is 10.2 Å². The summed E-state index contributed by atoms with van der Waals surface area (Å²) < 4.78 is 5.72. The largest absolute Gasteiger partial charge is 0.420 e. The van der Waals surface area contributed by atoms with Gasteiger partial charge < -0.3 is 4.42 Å². The number of aryl methyl sites for hydroxylation is 1. The van der Waals surface area contributed by atoms with Crippen molar-refractivity contribution in [2.75, 3.05) is 0 Å². The van der Waals surface area contributed by atoms with E-state index < -0.39 is 4.92 Å². The van der Waals surface area contributed by atoms with E-state index in [0.717, 1.165) is 0 Å². The average molecular weight is 383 g/mol. The van der Waals surface area contributed by atoms with Gasteiger partial charge in [0.25, 0.3) is 5.69 Å². The van der Waals surface area contributed by atoms with Crippen molar-refractivity contribution < 1.29 is 9.34 Å². The number of non-ortho nitro benzene ring substituents is 1. The molecule has 0 amide bonds. The number of thioether (sulfide) groups is 1. The molecule has 3 aromatic rings. The van der Waals surface area contributed by atoms with E-state index in [9.17, 15) is 10.1 Å². The molecule has 0 aliphatic carbocycles. The van der Waals surface area contributed by atoms with Gasteiger partial charge in [0.15, 0.2) is 0 Å². The number of benzene rings is 2. The van der Waals surface area contributed by atoms with Crippen LogP contribution < -0.4 is 0 Å². The summed E-state index contributed by atoms with van der Waals surface area (Å²) in [6, 6.07) is 12.6. The first-order chi connectivity index (χ1) is 12.7. The first-order valence-electron chi connectivity index (χ1n) is 8.55. The summed E-state index contributed by atoms with van der Waals surface area (Å²) in [7, 11) is 0. The van der Waals surface area contributed by atoms with Gasteiger partial charge in [-0.15, -0.1) is 22.0 Å². The lowest BCUT2D eigenvalue weighted by Crippen LogP contribution is -2.11. The number of nitro benzene ring substituents is 1. The van der Waals surface area contributed by atoms with Gasteiger partial charge in [-0.1, -0.05) is 32.9 Å². The van der Waals surface area contributed by atoms with E-state index in [2.05, 4.69) is 56.1 Å². The summed E-state index contributed by atoms with van der Waals surface area (Å²) in [5.41, 5.74) is 3.28. The monoisotopic (exact) mass is 383 g/mol. The van der Waals surface area contributed by atoms with Crippen LogP contribution in [-0.4, -0.2) is 15.1 Å². The van der Waals surface area contributed by atoms with Crippen LogP contribution in [0.25, 0.3) is 11.5 Å². The second kappa shape index (κ2) is 7.52. The number of aromatic nitrogens is 2. The van der Waals surface area contributed by atoms with Crippen molar-refractivity contribution in [2.24, 2.45) is 0 Å². The van der Waals surface area contributed by atoms with Crippen LogP contribution in [0.3, 0.4) is 0 Å². The molecule has 140 valence electrons. The summed E-state index contributed by atoms with van der Waals surface area (Å²) in [4.78, 5) is 11.5. The van der Waals surface area contributed by atoms with Crippen molar-refractivity contribution >= 4 is 17.4 Å². The van der Waals surface area contributed by atoms with Crippen LogP contribution in [-0.2, 0) is 11.2 Å². The van der Waals surface area contributed by atoms with Crippen molar-refractivity contribution in [1.29, 1.82) is 0 Å². The number of nitrogens with zero attached hydrogens (tertiary/aromatic N) is 3. The van der Waals surface area contributed by atoms with Gasteiger partial charge in [-0.25, -0.2) is 0 Å². The van der Waals surface area contributed by atoms with Crippen LogP contribution in [0, 0.1) is 17.0 Å². The van der Waals surface area contributed by atoms with Crippen LogP contribution in [0.2, 0.25) is 0 Å². The Morgan fingerprint density at radius 3 is 2.44 bits per heavy atom. The molecule has 0 radical (unpaired) electrons. The molecular weight excluding hydrogens is 362 g/mol.